The van der Waals surface area contributed by atoms with Crippen molar-refractivity contribution in [1.82, 2.24) is 0 Å². The van der Waals surface area contributed by atoms with Gasteiger partial charge in [0.2, 0.25) is 5.91 Å². The highest BCUT2D eigenvalue weighted by molar-refractivity contribution is 7.87. The molecule has 1 heterocycles. The van der Waals surface area contributed by atoms with Crippen molar-refractivity contribution in [2.75, 3.05) is 19.8 Å². The molecule has 0 aromatic heterocycles. The summed E-state index contributed by atoms with van der Waals surface area (Å²) >= 11 is 0. The van der Waals surface area contributed by atoms with Gasteiger partial charge in [0.05, 0.1) is 23.5 Å². The lowest BCUT2D eigenvalue weighted by Gasteiger charge is -2.33. The summed E-state index contributed by atoms with van der Waals surface area (Å²) in [4.78, 5) is 12.7. The van der Waals surface area contributed by atoms with Crippen molar-refractivity contribution in [2.24, 2.45) is 5.73 Å². The molecule has 2 unspecified atom stereocenters. The fourth-order valence-electron chi connectivity index (χ4n) is 4.12. The van der Waals surface area contributed by atoms with Gasteiger partial charge in [-0.25, -0.2) is 0 Å². The summed E-state index contributed by atoms with van der Waals surface area (Å²) in [5.74, 6) is 0.140. The van der Waals surface area contributed by atoms with E-state index in [0.717, 1.165) is 23.1 Å². The number of amides is 1. The minimum Gasteiger partial charge on any atom is -0.493 e. The highest BCUT2D eigenvalue weighted by Gasteiger charge is 2.45. The zero-order valence-electron chi connectivity index (χ0n) is 18.4. The summed E-state index contributed by atoms with van der Waals surface area (Å²) in [6.45, 7) is 1.27. The molecule has 33 heavy (non-hydrogen) atoms. The third kappa shape index (κ3) is 5.43. The molecule has 7 heteroatoms. The van der Waals surface area contributed by atoms with Crippen molar-refractivity contribution >= 4 is 22.3 Å². The predicted molar refractivity (Wildman–Crippen MR) is 128 cm³/mol. The molecular formula is C26H29NO5S. The Balaban J connectivity index is 1.32. The van der Waals surface area contributed by atoms with Crippen LogP contribution in [0.2, 0.25) is 0 Å². The number of ether oxygens (including phenoxy) is 2. The number of aliphatic hydroxyl groups excluding tert-OH is 1. The van der Waals surface area contributed by atoms with E-state index in [1.807, 2.05) is 18.2 Å². The average molecular weight is 468 g/mol. The van der Waals surface area contributed by atoms with Gasteiger partial charge in [0.25, 0.3) is 0 Å². The molecule has 1 fully saturated rings. The Labute approximate surface area is 196 Å². The number of primary amides is 1. The Bertz CT molecular complexity index is 1050. The van der Waals surface area contributed by atoms with Crippen LogP contribution in [0.3, 0.4) is 0 Å². The number of aliphatic hydroxyl groups is 1. The maximum atomic E-state index is 13.1. The lowest BCUT2D eigenvalue weighted by Crippen LogP contribution is -2.51. The molecule has 2 aromatic rings. The van der Waals surface area contributed by atoms with Crippen molar-refractivity contribution in [3.8, 4) is 5.75 Å². The molecule has 1 amide bonds. The lowest BCUT2D eigenvalue weighted by molar-refractivity contribution is -0.122. The van der Waals surface area contributed by atoms with Crippen molar-refractivity contribution in [3.63, 3.8) is 0 Å². The van der Waals surface area contributed by atoms with Gasteiger partial charge in [0, 0.05) is 24.5 Å². The molecule has 1 saturated heterocycles. The monoisotopic (exact) mass is 467 g/mol. The predicted octanol–water partition coefficient (Wildman–Crippen LogP) is 3.15. The van der Waals surface area contributed by atoms with E-state index in [1.54, 1.807) is 24.3 Å². The quantitative estimate of drug-likeness (QED) is 0.621. The van der Waals surface area contributed by atoms with Gasteiger partial charge in [-0.05, 0) is 66.3 Å². The van der Waals surface area contributed by atoms with E-state index in [9.17, 15) is 14.1 Å². The molecule has 3 N–H and O–H groups in total. The van der Waals surface area contributed by atoms with Gasteiger partial charge in [0.1, 0.15) is 10.5 Å². The summed E-state index contributed by atoms with van der Waals surface area (Å²) in [5.41, 5.74) is 8.89. The maximum Gasteiger partial charge on any atom is 0.236 e. The number of carbonyl (C=O) groups is 1. The second-order valence-electron chi connectivity index (χ2n) is 8.33. The van der Waals surface area contributed by atoms with Gasteiger partial charge in [-0.2, -0.15) is 0 Å². The molecule has 2 aliphatic rings. The molecule has 1 aliphatic heterocycles. The van der Waals surface area contributed by atoms with Crippen LogP contribution in [0.15, 0.2) is 71.7 Å². The maximum absolute atomic E-state index is 13.1. The fourth-order valence-corrected chi connectivity index (χ4v) is 5.67. The van der Waals surface area contributed by atoms with Crippen LogP contribution in [0, 0.1) is 0 Å². The molecule has 174 valence electrons. The van der Waals surface area contributed by atoms with E-state index in [2.05, 4.69) is 24.3 Å². The van der Waals surface area contributed by atoms with Crippen LogP contribution in [-0.2, 0) is 26.8 Å². The Morgan fingerprint density at radius 1 is 1.12 bits per heavy atom. The molecule has 2 aromatic carbocycles. The molecule has 6 nitrogen and oxygen atoms in total. The number of benzene rings is 2. The zero-order valence-corrected chi connectivity index (χ0v) is 19.3. The number of rotatable bonds is 8. The molecule has 0 bridgehead atoms. The van der Waals surface area contributed by atoms with E-state index in [4.69, 9.17) is 15.2 Å². The first kappa shape index (κ1) is 23.4. The van der Waals surface area contributed by atoms with Gasteiger partial charge in [-0.1, -0.05) is 36.4 Å². The number of hydrogen-bond acceptors (Lipinski definition) is 5. The number of hydrogen-bond donors (Lipinski definition) is 2. The molecule has 1 aliphatic carbocycles. The molecule has 0 radical (unpaired) electrons. The van der Waals surface area contributed by atoms with Crippen molar-refractivity contribution < 1.29 is 23.6 Å². The van der Waals surface area contributed by atoms with Gasteiger partial charge < -0.3 is 20.3 Å². The third-order valence-corrected chi connectivity index (χ3v) is 8.16. The van der Waals surface area contributed by atoms with Crippen LogP contribution < -0.4 is 10.5 Å². The largest absolute Gasteiger partial charge is 0.493 e. The van der Waals surface area contributed by atoms with Crippen molar-refractivity contribution in [2.45, 2.75) is 41.4 Å². The molecule has 0 spiro atoms. The smallest absolute Gasteiger partial charge is 0.236 e. The SMILES string of the molecule is NC(=O)C1(S(=O)c2ccc(OCCc3ccc(C4=CC(O)CC=C4)cc3)cc2)CCOCC1. The molecule has 0 saturated carbocycles. The minimum absolute atomic E-state index is 0.361. The van der Waals surface area contributed by atoms with Gasteiger partial charge in [0.15, 0.2) is 0 Å². The number of allylic oxidation sites excluding steroid dienone is 2. The van der Waals surface area contributed by atoms with Gasteiger partial charge in [-0.15, -0.1) is 0 Å². The van der Waals surface area contributed by atoms with E-state index in [-0.39, 0.29) is 0 Å². The summed E-state index contributed by atoms with van der Waals surface area (Å²) in [6.07, 6.45) is 7.62. The first-order valence-corrected chi connectivity index (χ1v) is 12.3. The second kappa shape index (κ2) is 10.5. The first-order valence-electron chi connectivity index (χ1n) is 11.2. The Kier molecular flexibility index (Phi) is 7.42. The number of nitrogens with two attached hydrogens (primary N) is 1. The van der Waals surface area contributed by atoms with E-state index in [0.29, 0.717) is 49.7 Å². The normalized spacial score (nSPS) is 20.6. The van der Waals surface area contributed by atoms with Crippen molar-refractivity contribution in [1.29, 1.82) is 0 Å². The van der Waals surface area contributed by atoms with Gasteiger partial charge >= 0.3 is 0 Å². The zero-order chi connectivity index (χ0) is 23.3. The van der Waals surface area contributed by atoms with E-state index >= 15 is 0 Å². The molecule has 4 rings (SSSR count). The van der Waals surface area contributed by atoms with Crippen LogP contribution >= 0.6 is 0 Å². The minimum atomic E-state index is -1.54. The Morgan fingerprint density at radius 2 is 1.82 bits per heavy atom. The van der Waals surface area contributed by atoms with Crippen LogP contribution in [0.4, 0.5) is 0 Å². The van der Waals surface area contributed by atoms with E-state index in [1.165, 1.54) is 0 Å². The van der Waals surface area contributed by atoms with Gasteiger partial charge in [-0.3, -0.25) is 9.00 Å². The van der Waals surface area contributed by atoms with Crippen LogP contribution in [-0.4, -0.2) is 45.9 Å². The summed E-state index contributed by atoms with van der Waals surface area (Å²) in [5, 5.41) is 9.78. The summed E-state index contributed by atoms with van der Waals surface area (Å²) < 4.78 is 23.2. The molecule has 2 atom stereocenters. The Hall–Kier alpha value is -2.74. The molecular weight excluding hydrogens is 438 g/mol. The van der Waals surface area contributed by atoms with E-state index < -0.39 is 27.6 Å². The third-order valence-electron chi connectivity index (χ3n) is 6.14. The second-order valence-corrected chi connectivity index (χ2v) is 10.1. The summed E-state index contributed by atoms with van der Waals surface area (Å²) in [6, 6.07) is 15.3. The highest BCUT2D eigenvalue weighted by atomic mass is 32.2. The highest BCUT2D eigenvalue weighted by Crippen LogP contribution is 2.32. The first-order chi connectivity index (χ1) is 16.0. The topological polar surface area (TPSA) is 98.9 Å². The van der Waals surface area contributed by atoms with Crippen molar-refractivity contribution in [3.05, 3.63) is 77.9 Å². The van der Waals surface area contributed by atoms with Crippen LogP contribution in [0.5, 0.6) is 5.75 Å². The van der Waals surface area contributed by atoms with Crippen LogP contribution in [0.25, 0.3) is 5.57 Å². The lowest BCUT2D eigenvalue weighted by atomic mass is 9.97. The Morgan fingerprint density at radius 3 is 2.45 bits per heavy atom. The fraction of sp³-hybridized carbons (Fsp3) is 0.346. The average Bonchev–Trinajstić information content (AvgIpc) is 2.85. The summed E-state index contributed by atoms with van der Waals surface area (Å²) in [7, 11) is -1.54. The van der Waals surface area contributed by atoms with Crippen LogP contribution in [0.1, 0.15) is 30.4 Å². The number of carbonyl (C=O) groups excluding carboxylic acids is 1. The standard InChI is InChI=1S/C26H29NO5S/c27-25(29)26(13-16-31-17-14-26)33(30)24-10-8-23(9-11-24)32-15-12-19-4-6-20(7-5-19)21-2-1-3-22(28)18-21/h1-2,4-11,18,22,28H,3,12-17H2,(H2,27,29).